The molecule has 0 aliphatic heterocycles. The molecule has 0 fully saturated rings. The largest absolute Gasteiger partial charge is 0.370 e. The van der Waals surface area contributed by atoms with Crippen LogP contribution in [0, 0.1) is 5.82 Å². The maximum absolute atomic E-state index is 12.9. The normalized spacial score (nSPS) is 10.5. The minimum absolute atomic E-state index is 0.162. The van der Waals surface area contributed by atoms with Gasteiger partial charge in [-0.25, -0.2) is 9.37 Å². The molecule has 1 heterocycles. The minimum Gasteiger partial charge on any atom is -0.370 e. The number of amides is 1. The lowest BCUT2D eigenvalue weighted by molar-refractivity contribution is 0.0954. The number of nitrogens with one attached hydrogen (secondary N) is 2. The molecule has 0 aliphatic rings. The lowest BCUT2D eigenvalue weighted by Crippen LogP contribution is -2.25. The van der Waals surface area contributed by atoms with Crippen molar-refractivity contribution in [1.82, 2.24) is 10.3 Å². The van der Waals surface area contributed by atoms with Gasteiger partial charge in [0, 0.05) is 19.3 Å². The predicted molar refractivity (Wildman–Crippen MR) is 110 cm³/mol. The van der Waals surface area contributed by atoms with E-state index in [2.05, 4.69) is 27.8 Å². The molecule has 0 saturated carbocycles. The average molecular weight is 377 g/mol. The van der Waals surface area contributed by atoms with Gasteiger partial charge in [-0.2, -0.15) is 0 Å². The molecule has 1 aromatic heterocycles. The van der Waals surface area contributed by atoms with E-state index in [1.54, 1.807) is 24.4 Å². The molecule has 5 heteroatoms. The highest BCUT2D eigenvalue weighted by Gasteiger charge is 2.06. The van der Waals surface area contributed by atoms with E-state index in [0.717, 1.165) is 30.8 Å². The fraction of sp³-hybridized carbons (Fsp3) is 0.217. The molecule has 2 N–H and O–H groups in total. The highest BCUT2D eigenvalue weighted by atomic mass is 19.1. The van der Waals surface area contributed by atoms with E-state index in [4.69, 9.17) is 0 Å². The molecule has 0 spiro atoms. The fourth-order valence-corrected chi connectivity index (χ4v) is 2.86. The van der Waals surface area contributed by atoms with Crippen molar-refractivity contribution in [2.24, 2.45) is 0 Å². The van der Waals surface area contributed by atoms with Crippen molar-refractivity contribution in [1.29, 1.82) is 0 Å². The number of hydrogen-bond acceptors (Lipinski definition) is 3. The molecule has 2 aromatic carbocycles. The van der Waals surface area contributed by atoms with E-state index in [0.29, 0.717) is 18.5 Å². The molecule has 3 rings (SSSR count). The molecule has 3 aromatic rings. The number of rotatable bonds is 9. The molecule has 0 bridgehead atoms. The Kier molecular flexibility index (Phi) is 7.13. The standard InChI is InChI=1S/C23H24FN3O/c24-21-11-8-19(9-12-21)14-16-26-23(28)20-10-13-22(27-17-20)25-15-4-7-18-5-2-1-3-6-18/h1-3,5-6,8-13,17H,4,7,14-16H2,(H,25,27)(H,26,28). The minimum atomic E-state index is -0.257. The van der Waals surface area contributed by atoms with Gasteiger partial charge in [0.1, 0.15) is 11.6 Å². The molecule has 1 amide bonds. The maximum atomic E-state index is 12.9. The quantitative estimate of drug-likeness (QED) is 0.549. The summed E-state index contributed by atoms with van der Waals surface area (Å²) in [7, 11) is 0. The van der Waals surface area contributed by atoms with Gasteiger partial charge in [-0.3, -0.25) is 4.79 Å². The third kappa shape index (κ3) is 6.20. The van der Waals surface area contributed by atoms with E-state index >= 15 is 0 Å². The van der Waals surface area contributed by atoms with Gasteiger partial charge in [0.05, 0.1) is 5.56 Å². The molecular formula is C23H24FN3O. The number of anilines is 1. The van der Waals surface area contributed by atoms with Crippen LogP contribution >= 0.6 is 0 Å². The summed E-state index contributed by atoms with van der Waals surface area (Å²) in [6.45, 7) is 1.31. The summed E-state index contributed by atoms with van der Waals surface area (Å²) in [5.74, 6) is 0.341. The Balaban J connectivity index is 1.38. The van der Waals surface area contributed by atoms with Crippen molar-refractivity contribution >= 4 is 11.7 Å². The van der Waals surface area contributed by atoms with Crippen LogP contribution in [0.2, 0.25) is 0 Å². The molecule has 144 valence electrons. The van der Waals surface area contributed by atoms with Crippen LogP contribution in [-0.2, 0) is 12.8 Å². The van der Waals surface area contributed by atoms with E-state index in [9.17, 15) is 9.18 Å². The van der Waals surface area contributed by atoms with Crippen LogP contribution in [0.3, 0.4) is 0 Å². The van der Waals surface area contributed by atoms with Crippen molar-refractivity contribution in [3.63, 3.8) is 0 Å². The summed E-state index contributed by atoms with van der Waals surface area (Å²) in [6, 6.07) is 20.2. The first-order valence-electron chi connectivity index (χ1n) is 9.47. The van der Waals surface area contributed by atoms with Crippen molar-refractivity contribution < 1.29 is 9.18 Å². The molecular weight excluding hydrogens is 353 g/mol. The SMILES string of the molecule is O=C(NCCc1ccc(F)cc1)c1ccc(NCCCc2ccccc2)nc1. The zero-order chi connectivity index (χ0) is 19.6. The van der Waals surface area contributed by atoms with Crippen LogP contribution in [0.5, 0.6) is 0 Å². The molecule has 0 unspecified atom stereocenters. The molecule has 0 atom stereocenters. The van der Waals surface area contributed by atoms with Crippen LogP contribution in [0.25, 0.3) is 0 Å². The maximum Gasteiger partial charge on any atom is 0.252 e. The second-order valence-corrected chi connectivity index (χ2v) is 6.58. The second-order valence-electron chi connectivity index (χ2n) is 6.58. The van der Waals surface area contributed by atoms with Crippen LogP contribution in [-0.4, -0.2) is 24.0 Å². The Morgan fingerprint density at radius 3 is 2.32 bits per heavy atom. The van der Waals surface area contributed by atoms with E-state index in [1.165, 1.54) is 17.7 Å². The highest BCUT2D eigenvalue weighted by Crippen LogP contribution is 2.07. The Labute approximate surface area is 164 Å². The number of halogens is 1. The molecule has 0 radical (unpaired) electrons. The lowest BCUT2D eigenvalue weighted by atomic mass is 10.1. The number of benzene rings is 2. The first-order valence-corrected chi connectivity index (χ1v) is 9.47. The van der Waals surface area contributed by atoms with E-state index in [1.807, 2.05) is 24.3 Å². The van der Waals surface area contributed by atoms with Gasteiger partial charge in [0.25, 0.3) is 5.91 Å². The smallest absolute Gasteiger partial charge is 0.252 e. The number of pyridine rings is 1. The zero-order valence-corrected chi connectivity index (χ0v) is 15.7. The van der Waals surface area contributed by atoms with Gasteiger partial charge in [-0.1, -0.05) is 42.5 Å². The zero-order valence-electron chi connectivity index (χ0n) is 15.7. The first kappa shape index (κ1) is 19.5. The van der Waals surface area contributed by atoms with E-state index < -0.39 is 0 Å². The van der Waals surface area contributed by atoms with Crippen LogP contribution < -0.4 is 10.6 Å². The average Bonchev–Trinajstić information content (AvgIpc) is 2.74. The number of aryl methyl sites for hydroxylation is 1. The van der Waals surface area contributed by atoms with Crippen LogP contribution in [0.15, 0.2) is 72.9 Å². The van der Waals surface area contributed by atoms with Gasteiger partial charge >= 0.3 is 0 Å². The highest BCUT2D eigenvalue weighted by molar-refractivity contribution is 5.94. The van der Waals surface area contributed by atoms with Crippen molar-refractivity contribution in [2.45, 2.75) is 19.3 Å². The summed E-state index contributed by atoms with van der Waals surface area (Å²) in [6.07, 6.45) is 4.26. The third-order valence-corrected chi connectivity index (χ3v) is 4.43. The molecule has 0 saturated heterocycles. The van der Waals surface area contributed by atoms with Gasteiger partial charge in [-0.05, 0) is 54.7 Å². The molecule has 0 aliphatic carbocycles. The molecule has 28 heavy (non-hydrogen) atoms. The number of nitrogens with zero attached hydrogens (tertiary/aromatic N) is 1. The Morgan fingerprint density at radius 2 is 1.61 bits per heavy atom. The summed E-state index contributed by atoms with van der Waals surface area (Å²) >= 11 is 0. The van der Waals surface area contributed by atoms with Gasteiger partial charge in [-0.15, -0.1) is 0 Å². The summed E-state index contributed by atoms with van der Waals surface area (Å²) in [5.41, 5.74) is 2.83. The fourth-order valence-electron chi connectivity index (χ4n) is 2.86. The second kappa shape index (κ2) is 10.2. The number of hydrogen-bond donors (Lipinski definition) is 2. The summed E-state index contributed by atoms with van der Waals surface area (Å²) in [4.78, 5) is 16.5. The van der Waals surface area contributed by atoms with Crippen molar-refractivity contribution in [2.75, 3.05) is 18.4 Å². The lowest BCUT2D eigenvalue weighted by Gasteiger charge is -2.08. The monoisotopic (exact) mass is 377 g/mol. The summed E-state index contributed by atoms with van der Waals surface area (Å²) < 4.78 is 12.9. The Bertz CT molecular complexity index is 865. The van der Waals surface area contributed by atoms with Gasteiger partial charge in [0.15, 0.2) is 0 Å². The predicted octanol–water partition coefficient (Wildman–Crippen LogP) is 4.24. The van der Waals surface area contributed by atoms with E-state index in [-0.39, 0.29) is 11.7 Å². The summed E-state index contributed by atoms with van der Waals surface area (Å²) in [5, 5.41) is 6.14. The van der Waals surface area contributed by atoms with Crippen molar-refractivity contribution in [3.8, 4) is 0 Å². The van der Waals surface area contributed by atoms with Gasteiger partial charge in [0.2, 0.25) is 0 Å². The third-order valence-electron chi connectivity index (χ3n) is 4.43. The first-order chi connectivity index (χ1) is 13.7. The molecule has 4 nitrogen and oxygen atoms in total. The number of carbonyl (C=O) groups excluding carboxylic acids is 1. The van der Waals surface area contributed by atoms with Crippen LogP contribution in [0.1, 0.15) is 27.9 Å². The topological polar surface area (TPSA) is 54.0 Å². The number of aromatic nitrogens is 1. The Hall–Kier alpha value is -3.21. The van der Waals surface area contributed by atoms with Crippen LogP contribution in [0.4, 0.5) is 10.2 Å². The number of carbonyl (C=O) groups is 1. The van der Waals surface area contributed by atoms with Crippen molar-refractivity contribution in [3.05, 3.63) is 95.4 Å². The van der Waals surface area contributed by atoms with Gasteiger partial charge < -0.3 is 10.6 Å². The Morgan fingerprint density at radius 1 is 0.857 bits per heavy atom.